The van der Waals surface area contributed by atoms with Gasteiger partial charge in [-0.25, -0.2) is 9.48 Å². The predicted octanol–water partition coefficient (Wildman–Crippen LogP) is 5.73. The van der Waals surface area contributed by atoms with E-state index in [0.717, 1.165) is 11.1 Å². The van der Waals surface area contributed by atoms with Crippen LogP contribution in [0.1, 0.15) is 31.0 Å². The Kier molecular flexibility index (Phi) is 6.55. The lowest BCUT2D eigenvalue weighted by atomic mass is 9.96. The Hall–Kier alpha value is -2.48. The quantitative estimate of drug-likeness (QED) is 0.363. The van der Waals surface area contributed by atoms with Gasteiger partial charge < -0.3 is 10.1 Å². The molecule has 0 fully saturated rings. The van der Waals surface area contributed by atoms with Crippen molar-refractivity contribution in [2.24, 2.45) is 0 Å². The van der Waals surface area contributed by atoms with Gasteiger partial charge in [-0.3, -0.25) is 0 Å². The first-order valence-corrected chi connectivity index (χ1v) is 11.4. The van der Waals surface area contributed by atoms with Crippen LogP contribution in [-0.2, 0) is 15.3 Å². The molecule has 0 radical (unpaired) electrons. The molecule has 1 atom stereocenters. The largest absolute Gasteiger partial charge is 0.463 e. The van der Waals surface area contributed by atoms with Crippen LogP contribution in [0, 0.1) is 0 Å². The van der Waals surface area contributed by atoms with Crippen LogP contribution < -0.4 is 5.32 Å². The number of anilines is 1. The smallest absolute Gasteiger partial charge is 0.338 e. The van der Waals surface area contributed by atoms with E-state index in [1.165, 1.54) is 11.8 Å². The minimum Gasteiger partial charge on any atom is -0.463 e. The maximum atomic E-state index is 12.8. The zero-order chi connectivity index (χ0) is 22.0. The van der Waals surface area contributed by atoms with Crippen molar-refractivity contribution in [1.29, 1.82) is 0 Å². The molecule has 9 heteroatoms. The third kappa shape index (κ3) is 4.59. The summed E-state index contributed by atoms with van der Waals surface area (Å²) < 4.78 is 7.04. The van der Waals surface area contributed by atoms with E-state index in [1.54, 1.807) is 23.7 Å². The normalized spacial score (nSPS) is 15.4. The fourth-order valence-corrected chi connectivity index (χ4v) is 4.62. The zero-order valence-corrected chi connectivity index (χ0v) is 19.3. The van der Waals surface area contributed by atoms with Crippen LogP contribution in [0.25, 0.3) is 0 Å². The summed E-state index contributed by atoms with van der Waals surface area (Å²) in [6.45, 7) is 3.90. The third-order valence-corrected chi connectivity index (χ3v) is 6.34. The van der Waals surface area contributed by atoms with Crippen molar-refractivity contribution in [3.63, 3.8) is 0 Å². The zero-order valence-electron chi connectivity index (χ0n) is 16.9. The van der Waals surface area contributed by atoms with Crippen molar-refractivity contribution in [2.75, 3.05) is 11.9 Å². The van der Waals surface area contributed by atoms with E-state index in [1.807, 2.05) is 43.3 Å². The highest BCUT2D eigenvalue weighted by molar-refractivity contribution is 7.98. The number of thioether (sulfide) groups is 1. The molecule has 0 saturated heterocycles. The maximum absolute atomic E-state index is 12.8. The van der Waals surface area contributed by atoms with Gasteiger partial charge in [0.05, 0.1) is 12.2 Å². The number of hydrogen-bond donors (Lipinski definition) is 1. The molecule has 31 heavy (non-hydrogen) atoms. The number of rotatable bonds is 6. The molecule has 0 amide bonds. The Labute approximate surface area is 194 Å². The molecule has 2 aromatic carbocycles. The number of nitrogens with zero attached hydrogens (tertiary/aromatic N) is 3. The topological polar surface area (TPSA) is 69.0 Å². The first-order chi connectivity index (χ1) is 15.0. The van der Waals surface area contributed by atoms with Gasteiger partial charge in [0.2, 0.25) is 11.1 Å². The fourth-order valence-electron chi connectivity index (χ4n) is 3.38. The minimum atomic E-state index is -0.477. The van der Waals surface area contributed by atoms with E-state index in [-0.39, 0.29) is 12.6 Å². The summed E-state index contributed by atoms with van der Waals surface area (Å²) in [5, 5.41) is 9.79. The SMILES string of the molecule is CCOC(=O)C1=C(C)Nc2nc(SCc3ccccc3Cl)nn2[C@H]1c1ccc(Cl)cc1. The average molecular weight is 475 g/mol. The Bertz CT molecular complexity index is 1140. The number of carbonyl (C=O) groups is 1. The molecular weight excluding hydrogens is 455 g/mol. The number of hydrogen-bond acceptors (Lipinski definition) is 6. The molecule has 3 aromatic rings. The van der Waals surface area contributed by atoms with E-state index in [4.69, 9.17) is 33.0 Å². The molecule has 0 aliphatic carbocycles. The first-order valence-electron chi connectivity index (χ1n) is 9.71. The molecule has 0 spiro atoms. The number of nitrogens with one attached hydrogen (secondary N) is 1. The highest BCUT2D eigenvalue weighted by Crippen LogP contribution is 2.37. The van der Waals surface area contributed by atoms with Crippen LogP contribution in [-0.4, -0.2) is 27.3 Å². The van der Waals surface area contributed by atoms with Gasteiger partial charge in [0.25, 0.3) is 0 Å². The van der Waals surface area contributed by atoms with Crippen LogP contribution in [0.4, 0.5) is 5.95 Å². The van der Waals surface area contributed by atoms with Crippen molar-refractivity contribution in [2.45, 2.75) is 30.8 Å². The van der Waals surface area contributed by atoms with Crippen LogP contribution in [0.3, 0.4) is 0 Å². The molecular formula is C22H20Cl2N4O2S. The van der Waals surface area contributed by atoms with Crippen LogP contribution in [0.2, 0.25) is 10.0 Å². The average Bonchev–Trinajstić information content (AvgIpc) is 3.15. The summed E-state index contributed by atoms with van der Waals surface area (Å²) in [5.74, 6) is 0.803. The summed E-state index contributed by atoms with van der Waals surface area (Å²) in [5.41, 5.74) is 3.04. The van der Waals surface area contributed by atoms with Crippen molar-refractivity contribution in [1.82, 2.24) is 14.8 Å². The van der Waals surface area contributed by atoms with Crippen molar-refractivity contribution >= 4 is 46.9 Å². The van der Waals surface area contributed by atoms with Gasteiger partial charge >= 0.3 is 5.97 Å². The lowest BCUT2D eigenvalue weighted by Crippen LogP contribution is -2.29. The number of allylic oxidation sites excluding steroid dienone is 1. The summed E-state index contributed by atoms with van der Waals surface area (Å²) in [6, 6.07) is 14.6. The predicted molar refractivity (Wildman–Crippen MR) is 124 cm³/mol. The number of fused-ring (bicyclic) bond motifs is 1. The maximum Gasteiger partial charge on any atom is 0.338 e. The first kappa shape index (κ1) is 21.7. The van der Waals surface area contributed by atoms with Crippen molar-refractivity contribution < 1.29 is 9.53 Å². The monoisotopic (exact) mass is 474 g/mol. The molecule has 1 aliphatic heterocycles. The standard InChI is InChI=1S/C22H20Cl2N4O2S/c1-3-30-20(29)18-13(2)25-21-26-22(31-12-15-6-4-5-7-17(15)24)27-28(21)19(18)14-8-10-16(23)11-9-14/h4-11,19H,3,12H2,1-2H3,(H,25,26,27)/t19-/m0/s1. The molecule has 0 bridgehead atoms. The highest BCUT2D eigenvalue weighted by Gasteiger charge is 2.35. The second kappa shape index (κ2) is 9.34. The van der Waals surface area contributed by atoms with E-state index >= 15 is 0 Å². The van der Waals surface area contributed by atoms with Crippen LogP contribution in [0.15, 0.2) is 65.0 Å². The number of carbonyl (C=O) groups excluding carboxylic acids is 1. The summed E-state index contributed by atoms with van der Waals surface area (Å²) in [7, 11) is 0. The lowest BCUT2D eigenvalue weighted by Gasteiger charge is -2.28. The van der Waals surface area contributed by atoms with Crippen LogP contribution >= 0.6 is 35.0 Å². The second-order valence-electron chi connectivity index (χ2n) is 6.88. The Morgan fingerprint density at radius 2 is 1.94 bits per heavy atom. The van der Waals surface area contributed by atoms with E-state index in [9.17, 15) is 4.79 Å². The molecule has 0 unspecified atom stereocenters. The molecule has 160 valence electrons. The summed E-state index contributed by atoms with van der Waals surface area (Å²) >= 11 is 13.8. The Morgan fingerprint density at radius 3 is 2.65 bits per heavy atom. The molecule has 1 aliphatic rings. The summed E-state index contributed by atoms with van der Waals surface area (Å²) in [4.78, 5) is 17.4. The summed E-state index contributed by atoms with van der Waals surface area (Å²) in [6.07, 6.45) is 0. The van der Waals surface area contributed by atoms with Crippen molar-refractivity contribution in [3.05, 3.63) is 81.0 Å². The second-order valence-corrected chi connectivity index (χ2v) is 8.67. The van der Waals surface area contributed by atoms with E-state index < -0.39 is 6.04 Å². The number of aromatic nitrogens is 3. The molecule has 4 rings (SSSR count). The fraction of sp³-hybridized carbons (Fsp3) is 0.227. The molecule has 6 nitrogen and oxygen atoms in total. The van der Waals surface area contributed by atoms with E-state index in [2.05, 4.69) is 10.3 Å². The van der Waals surface area contributed by atoms with Gasteiger partial charge in [-0.1, -0.05) is 65.3 Å². The van der Waals surface area contributed by atoms with Gasteiger partial charge in [0, 0.05) is 21.5 Å². The number of esters is 1. The Balaban J connectivity index is 1.70. The van der Waals surface area contributed by atoms with Gasteiger partial charge in [0.1, 0.15) is 6.04 Å². The van der Waals surface area contributed by atoms with Gasteiger partial charge in [-0.05, 0) is 43.2 Å². The van der Waals surface area contributed by atoms with Gasteiger partial charge in [-0.15, -0.1) is 5.10 Å². The third-order valence-electron chi connectivity index (χ3n) is 4.83. The molecule has 1 N–H and O–H groups in total. The van der Waals surface area contributed by atoms with E-state index in [0.29, 0.717) is 38.2 Å². The minimum absolute atomic E-state index is 0.284. The molecule has 0 saturated carbocycles. The molecule has 1 aromatic heterocycles. The number of benzene rings is 2. The number of ether oxygens (including phenoxy) is 1. The number of halogens is 2. The molecule has 2 heterocycles. The van der Waals surface area contributed by atoms with Gasteiger partial charge in [-0.2, -0.15) is 4.98 Å². The van der Waals surface area contributed by atoms with Crippen LogP contribution in [0.5, 0.6) is 0 Å². The van der Waals surface area contributed by atoms with Crippen molar-refractivity contribution in [3.8, 4) is 0 Å². The Morgan fingerprint density at radius 1 is 1.19 bits per heavy atom. The lowest BCUT2D eigenvalue weighted by molar-refractivity contribution is -0.139. The van der Waals surface area contributed by atoms with Gasteiger partial charge in [0.15, 0.2) is 0 Å². The highest BCUT2D eigenvalue weighted by atomic mass is 35.5.